The maximum absolute atomic E-state index is 12.9. The van der Waals surface area contributed by atoms with Crippen LogP contribution in [-0.4, -0.2) is 31.1 Å². The first kappa shape index (κ1) is 18.8. The van der Waals surface area contributed by atoms with Crippen molar-refractivity contribution in [2.75, 3.05) is 18.5 Å². The van der Waals surface area contributed by atoms with E-state index in [2.05, 4.69) is 10.6 Å². The van der Waals surface area contributed by atoms with Crippen LogP contribution in [-0.2, 0) is 0 Å². The minimum atomic E-state index is -0.355. The zero-order chi connectivity index (χ0) is 19.2. The molecule has 0 heterocycles. The van der Waals surface area contributed by atoms with Crippen molar-refractivity contribution in [1.29, 1.82) is 0 Å². The number of ether oxygens (including phenoxy) is 2. The third-order valence-electron chi connectivity index (χ3n) is 4.14. The van der Waals surface area contributed by atoms with Crippen molar-refractivity contribution in [3.63, 3.8) is 0 Å². The molecule has 2 aromatic carbocycles. The fourth-order valence-corrected chi connectivity index (χ4v) is 2.69. The highest BCUT2D eigenvalue weighted by molar-refractivity contribution is 6.10. The molecule has 1 aliphatic carbocycles. The number of nitrogens with one attached hydrogen (secondary N) is 2. The van der Waals surface area contributed by atoms with Crippen molar-refractivity contribution in [1.82, 2.24) is 5.32 Å². The lowest BCUT2D eigenvalue weighted by atomic mass is 10.1. The number of hydrogen-bond donors (Lipinski definition) is 2. The number of carbonyl (C=O) groups excluding carboxylic acids is 2. The number of hydrogen-bond acceptors (Lipinski definition) is 4. The van der Waals surface area contributed by atoms with Gasteiger partial charge in [0.05, 0.1) is 30.0 Å². The molecule has 1 saturated carbocycles. The quantitative estimate of drug-likeness (QED) is 0.746. The summed E-state index contributed by atoms with van der Waals surface area (Å²) in [6.45, 7) is 4.68. The Kier molecular flexibility index (Phi) is 5.96. The van der Waals surface area contributed by atoms with Gasteiger partial charge in [0, 0.05) is 6.04 Å². The highest BCUT2D eigenvalue weighted by Gasteiger charge is 2.25. The van der Waals surface area contributed by atoms with Crippen LogP contribution in [0.1, 0.15) is 47.4 Å². The van der Waals surface area contributed by atoms with Crippen molar-refractivity contribution < 1.29 is 19.1 Å². The summed E-state index contributed by atoms with van der Waals surface area (Å²) < 4.78 is 11.1. The van der Waals surface area contributed by atoms with Gasteiger partial charge in [0.1, 0.15) is 11.5 Å². The molecule has 0 spiro atoms. The molecule has 0 aromatic heterocycles. The molecule has 0 atom stereocenters. The summed E-state index contributed by atoms with van der Waals surface area (Å²) in [5.74, 6) is 0.525. The van der Waals surface area contributed by atoms with E-state index in [-0.39, 0.29) is 17.9 Å². The Labute approximate surface area is 158 Å². The summed E-state index contributed by atoms with van der Waals surface area (Å²) in [7, 11) is 0. The fraction of sp³-hybridized carbons (Fsp3) is 0.333. The Hall–Kier alpha value is -3.02. The first-order chi connectivity index (χ1) is 13.1. The fourth-order valence-electron chi connectivity index (χ4n) is 2.69. The molecule has 6 heteroatoms. The molecule has 0 aliphatic heterocycles. The normalized spacial score (nSPS) is 13.0. The number of carbonyl (C=O) groups is 2. The highest BCUT2D eigenvalue weighted by atomic mass is 16.5. The van der Waals surface area contributed by atoms with Gasteiger partial charge in [-0.15, -0.1) is 0 Å². The monoisotopic (exact) mass is 368 g/mol. The molecular formula is C21H24N2O4. The lowest BCUT2D eigenvalue weighted by Gasteiger charge is -2.14. The standard InChI is InChI=1S/C21H24N2O4/c1-3-26-15-11-12-19(27-4-2)17(13-15)21(25)23-18-8-6-5-7-16(18)20(24)22-14-9-10-14/h5-8,11-14H,3-4,9-10H2,1-2H3,(H,22,24)(H,23,25). The van der Waals surface area contributed by atoms with Gasteiger partial charge in [0.25, 0.3) is 11.8 Å². The van der Waals surface area contributed by atoms with Crippen LogP contribution in [0.3, 0.4) is 0 Å². The third kappa shape index (κ3) is 4.78. The highest BCUT2D eigenvalue weighted by Crippen LogP contribution is 2.27. The number of amides is 2. The molecule has 0 unspecified atom stereocenters. The molecule has 0 saturated heterocycles. The molecule has 27 heavy (non-hydrogen) atoms. The van der Waals surface area contributed by atoms with Crippen LogP contribution in [0.4, 0.5) is 5.69 Å². The average Bonchev–Trinajstić information content (AvgIpc) is 3.47. The van der Waals surface area contributed by atoms with E-state index in [0.717, 1.165) is 12.8 Å². The van der Waals surface area contributed by atoms with Crippen LogP contribution in [0, 0.1) is 0 Å². The predicted molar refractivity (Wildman–Crippen MR) is 104 cm³/mol. The molecule has 1 fully saturated rings. The van der Waals surface area contributed by atoms with Crippen LogP contribution in [0.25, 0.3) is 0 Å². The second-order valence-electron chi connectivity index (χ2n) is 6.27. The second kappa shape index (κ2) is 8.58. The minimum Gasteiger partial charge on any atom is -0.494 e. The summed E-state index contributed by atoms with van der Waals surface area (Å²) in [5.41, 5.74) is 1.27. The molecule has 0 radical (unpaired) electrons. The molecule has 1 aliphatic rings. The molecule has 2 N–H and O–H groups in total. The zero-order valence-corrected chi connectivity index (χ0v) is 15.6. The van der Waals surface area contributed by atoms with E-state index in [9.17, 15) is 9.59 Å². The largest absolute Gasteiger partial charge is 0.494 e. The van der Waals surface area contributed by atoms with E-state index < -0.39 is 0 Å². The van der Waals surface area contributed by atoms with Crippen LogP contribution in [0.2, 0.25) is 0 Å². The van der Waals surface area contributed by atoms with Gasteiger partial charge in [0.15, 0.2) is 0 Å². The second-order valence-corrected chi connectivity index (χ2v) is 6.27. The van der Waals surface area contributed by atoms with Gasteiger partial charge in [0.2, 0.25) is 0 Å². The Balaban J connectivity index is 1.84. The Morgan fingerprint density at radius 3 is 2.41 bits per heavy atom. The van der Waals surface area contributed by atoms with Crippen LogP contribution in [0.15, 0.2) is 42.5 Å². The first-order valence-corrected chi connectivity index (χ1v) is 9.23. The Morgan fingerprint density at radius 1 is 0.963 bits per heavy atom. The van der Waals surface area contributed by atoms with Crippen molar-refractivity contribution >= 4 is 17.5 Å². The Morgan fingerprint density at radius 2 is 1.70 bits per heavy atom. The van der Waals surface area contributed by atoms with E-state index in [1.165, 1.54) is 0 Å². The SMILES string of the molecule is CCOc1ccc(OCC)c(C(=O)Nc2ccccc2C(=O)NC2CC2)c1. The summed E-state index contributed by atoms with van der Waals surface area (Å²) in [6, 6.07) is 12.4. The van der Waals surface area contributed by atoms with Gasteiger partial charge < -0.3 is 20.1 Å². The van der Waals surface area contributed by atoms with E-state index in [1.54, 1.807) is 42.5 Å². The molecule has 0 bridgehead atoms. The van der Waals surface area contributed by atoms with Gasteiger partial charge in [-0.05, 0) is 57.0 Å². The minimum absolute atomic E-state index is 0.179. The molecule has 142 valence electrons. The topological polar surface area (TPSA) is 76.7 Å². The van der Waals surface area contributed by atoms with Crippen molar-refractivity contribution in [2.24, 2.45) is 0 Å². The summed E-state index contributed by atoms with van der Waals surface area (Å²) in [4.78, 5) is 25.3. The number of anilines is 1. The lowest BCUT2D eigenvalue weighted by Crippen LogP contribution is -2.27. The van der Waals surface area contributed by atoms with E-state index >= 15 is 0 Å². The smallest absolute Gasteiger partial charge is 0.259 e. The van der Waals surface area contributed by atoms with E-state index in [4.69, 9.17) is 9.47 Å². The summed E-state index contributed by atoms with van der Waals surface area (Å²) in [6.07, 6.45) is 2.00. The zero-order valence-electron chi connectivity index (χ0n) is 15.6. The number of para-hydroxylation sites is 1. The van der Waals surface area contributed by atoms with Crippen molar-refractivity contribution in [3.05, 3.63) is 53.6 Å². The van der Waals surface area contributed by atoms with Gasteiger partial charge in [-0.1, -0.05) is 12.1 Å². The lowest BCUT2D eigenvalue weighted by molar-refractivity contribution is 0.0952. The number of rotatable bonds is 8. The predicted octanol–water partition coefficient (Wildman–Crippen LogP) is 3.63. The van der Waals surface area contributed by atoms with E-state index in [1.807, 2.05) is 13.8 Å². The van der Waals surface area contributed by atoms with Crippen molar-refractivity contribution in [3.8, 4) is 11.5 Å². The molecule has 2 aromatic rings. The average molecular weight is 368 g/mol. The van der Waals surface area contributed by atoms with Crippen LogP contribution >= 0.6 is 0 Å². The van der Waals surface area contributed by atoms with Gasteiger partial charge >= 0.3 is 0 Å². The summed E-state index contributed by atoms with van der Waals surface area (Å²) >= 11 is 0. The molecular weight excluding hydrogens is 344 g/mol. The maximum Gasteiger partial charge on any atom is 0.259 e. The van der Waals surface area contributed by atoms with Gasteiger partial charge in [-0.25, -0.2) is 0 Å². The number of benzene rings is 2. The first-order valence-electron chi connectivity index (χ1n) is 9.23. The molecule has 3 rings (SSSR count). The summed E-state index contributed by atoms with van der Waals surface area (Å²) in [5, 5.41) is 5.78. The molecule has 2 amide bonds. The molecule has 6 nitrogen and oxygen atoms in total. The maximum atomic E-state index is 12.9. The van der Waals surface area contributed by atoms with Gasteiger partial charge in [-0.3, -0.25) is 9.59 Å². The van der Waals surface area contributed by atoms with Crippen LogP contribution in [0.5, 0.6) is 11.5 Å². The third-order valence-corrected chi connectivity index (χ3v) is 4.14. The van der Waals surface area contributed by atoms with E-state index in [0.29, 0.717) is 41.5 Å². The van der Waals surface area contributed by atoms with Crippen molar-refractivity contribution in [2.45, 2.75) is 32.7 Å². The van der Waals surface area contributed by atoms with Gasteiger partial charge in [-0.2, -0.15) is 0 Å². The van der Waals surface area contributed by atoms with Crippen LogP contribution < -0.4 is 20.1 Å². The Bertz CT molecular complexity index is 831.